The summed E-state index contributed by atoms with van der Waals surface area (Å²) in [5.74, 6) is 0.807. The molecule has 2 aromatic rings. The molecule has 0 aromatic heterocycles. The second-order valence-corrected chi connectivity index (χ2v) is 9.40. The van der Waals surface area contributed by atoms with Gasteiger partial charge < -0.3 is 5.11 Å². The summed E-state index contributed by atoms with van der Waals surface area (Å²) < 4.78 is 1.08. The van der Waals surface area contributed by atoms with Gasteiger partial charge in [-0.25, -0.2) is 5.01 Å². The molecule has 0 spiro atoms. The fourth-order valence-corrected chi connectivity index (χ4v) is 5.32. The molecule has 4 rings (SSSR count). The van der Waals surface area contributed by atoms with E-state index in [0.717, 1.165) is 34.7 Å². The van der Waals surface area contributed by atoms with E-state index in [0.29, 0.717) is 19.8 Å². The molecule has 2 aliphatic rings. The second-order valence-electron chi connectivity index (χ2n) is 6.61. The predicted octanol–water partition coefficient (Wildman–Crippen LogP) is 3.59. The zero-order valence-electron chi connectivity index (χ0n) is 15.5. The molecule has 0 saturated carbocycles. The molecule has 0 radical (unpaired) electrons. The average Bonchev–Trinajstić information content (AvgIpc) is 2.71. The molecule has 0 bridgehead atoms. The minimum atomic E-state index is -0.527. The Hall–Kier alpha value is -1.84. The SMILES string of the molecule is CCCCSC1=NN2C(=c3ccccc3=NC2c2cc(Br)c(O)c(Br)c2)C(=O)N1. The maximum Gasteiger partial charge on any atom is 0.276 e. The first-order valence-corrected chi connectivity index (χ1v) is 11.7. The van der Waals surface area contributed by atoms with Crippen molar-refractivity contribution >= 4 is 60.4 Å². The summed E-state index contributed by atoms with van der Waals surface area (Å²) in [6.07, 6.45) is 1.60. The van der Waals surface area contributed by atoms with Gasteiger partial charge in [0.15, 0.2) is 11.3 Å². The van der Waals surface area contributed by atoms with Crippen molar-refractivity contribution in [3.05, 3.63) is 61.5 Å². The number of phenolic OH excluding ortho intramolecular Hbond substituents is 1. The van der Waals surface area contributed by atoms with Gasteiger partial charge >= 0.3 is 0 Å². The van der Waals surface area contributed by atoms with E-state index in [1.807, 2.05) is 24.3 Å². The Balaban J connectivity index is 1.87. The van der Waals surface area contributed by atoms with Gasteiger partial charge in [0, 0.05) is 16.5 Å². The van der Waals surface area contributed by atoms with E-state index in [4.69, 9.17) is 10.1 Å². The molecule has 150 valence electrons. The van der Waals surface area contributed by atoms with E-state index >= 15 is 0 Å². The molecule has 0 fully saturated rings. The lowest BCUT2D eigenvalue weighted by Gasteiger charge is -2.34. The van der Waals surface area contributed by atoms with Gasteiger partial charge in [-0.1, -0.05) is 43.3 Å². The number of para-hydroxylation sites is 1. The standard InChI is InChI=1S/C20H18Br2N4O2S/c1-2-3-8-29-20-24-19(28)16-12-6-4-5-7-15(12)23-18(26(16)25-20)11-9-13(21)17(27)14(22)10-11/h4-7,9-10,18,27H,2-3,8H2,1H3,(H,24,25,28). The van der Waals surface area contributed by atoms with Crippen LogP contribution < -0.4 is 15.9 Å². The van der Waals surface area contributed by atoms with E-state index in [2.05, 4.69) is 44.1 Å². The Morgan fingerprint density at radius 3 is 2.69 bits per heavy atom. The van der Waals surface area contributed by atoms with Gasteiger partial charge in [0.2, 0.25) is 0 Å². The Bertz CT molecular complexity index is 1110. The quantitative estimate of drug-likeness (QED) is 0.584. The number of carbonyl (C=O) groups is 1. The van der Waals surface area contributed by atoms with Crippen LogP contribution in [0.15, 0.2) is 55.4 Å². The van der Waals surface area contributed by atoms with E-state index in [1.165, 1.54) is 11.8 Å². The molecule has 6 nitrogen and oxygen atoms in total. The summed E-state index contributed by atoms with van der Waals surface area (Å²) in [4.78, 5) is 17.9. The number of amidine groups is 1. The third-order valence-electron chi connectivity index (χ3n) is 4.59. The zero-order valence-corrected chi connectivity index (χ0v) is 19.5. The van der Waals surface area contributed by atoms with E-state index in [-0.39, 0.29) is 11.7 Å². The monoisotopic (exact) mass is 536 g/mol. The van der Waals surface area contributed by atoms with Crippen molar-refractivity contribution in [1.82, 2.24) is 10.3 Å². The van der Waals surface area contributed by atoms with E-state index in [9.17, 15) is 9.90 Å². The average molecular weight is 538 g/mol. The highest BCUT2D eigenvalue weighted by atomic mass is 79.9. The van der Waals surface area contributed by atoms with Crippen LogP contribution in [0.1, 0.15) is 31.5 Å². The topological polar surface area (TPSA) is 77.3 Å². The third kappa shape index (κ3) is 3.95. The van der Waals surface area contributed by atoms with Gasteiger partial charge in [-0.3, -0.25) is 15.1 Å². The molecule has 0 saturated heterocycles. The molecule has 2 aromatic carbocycles. The maximum absolute atomic E-state index is 13.0. The van der Waals surface area contributed by atoms with Gasteiger partial charge in [0.25, 0.3) is 5.91 Å². The lowest BCUT2D eigenvalue weighted by molar-refractivity contribution is -0.116. The number of nitrogens with one attached hydrogen (secondary N) is 1. The minimum absolute atomic E-state index is 0.116. The van der Waals surface area contributed by atoms with Crippen LogP contribution in [-0.2, 0) is 4.79 Å². The lowest BCUT2D eigenvalue weighted by atomic mass is 10.1. The number of benzene rings is 2. The molecular weight excluding hydrogens is 520 g/mol. The molecule has 1 unspecified atom stereocenters. The van der Waals surface area contributed by atoms with Crippen molar-refractivity contribution in [3.63, 3.8) is 0 Å². The molecule has 2 aliphatic heterocycles. The molecule has 2 N–H and O–H groups in total. The number of hydrazone groups is 1. The zero-order chi connectivity index (χ0) is 20.5. The fraction of sp³-hybridized carbons (Fsp3) is 0.250. The van der Waals surface area contributed by atoms with Crippen molar-refractivity contribution in [2.45, 2.75) is 25.9 Å². The van der Waals surface area contributed by atoms with Crippen LogP contribution in [0.3, 0.4) is 0 Å². The van der Waals surface area contributed by atoms with Gasteiger partial charge in [0.1, 0.15) is 11.4 Å². The highest BCUT2D eigenvalue weighted by molar-refractivity contribution is 9.11. The van der Waals surface area contributed by atoms with Crippen molar-refractivity contribution in [3.8, 4) is 5.75 Å². The summed E-state index contributed by atoms with van der Waals surface area (Å²) in [6.45, 7) is 2.13. The number of amides is 1. The number of unbranched alkanes of at least 4 members (excludes halogenated alkanes) is 1. The molecule has 1 atom stereocenters. The number of nitrogens with zero attached hydrogens (tertiary/aromatic N) is 3. The molecule has 1 amide bonds. The van der Waals surface area contributed by atoms with Crippen LogP contribution >= 0.6 is 43.6 Å². The van der Waals surface area contributed by atoms with Crippen molar-refractivity contribution < 1.29 is 9.90 Å². The molecule has 29 heavy (non-hydrogen) atoms. The van der Waals surface area contributed by atoms with Gasteiger partial charge in [-0.15, -0.1) is 5.10 Å². The van der Waals surface area contributed by atoms with Crippen molar-refractivity contribution in [2.24, 2.45) is 10.1 Å². The molecular formula is C20H18Br2N4O2S. The number of phenols is 1. The number of aromatic hydroxyl groups is 1. The number of carbonyl (C=O) groups excluding carboxylic acids is 1. The summed E-state index contributed by atoms with van der Waals surface area (Å²) in [7, 11) is 0. The summed E-state index contributed by atoms with van der Waals surface area (Å²) in [6, 6.07) is 11.1. The third-order valence-corrected chi connectivity index (χ3v) is 6.75. The first kappa shape index (κ1) is 20.4. The fourth-order valence-electron chi connectivity index (χ4n) is 3.16. The molecule has 0 aliphatic carbocycles. The van der Waals surface area contributed by atoms with Crippen molar-refractivity contribution in [2.75, 3.05) is 5.75 Å². The van der Waals surface area contributed by atoms with Gasteiger partial charge in [0.05, 0.1) is 14.3 Å². The Kier molecular flexibility index (Phi) is 5.98. The van der Waals surface area contributed by atoms with Crippen molar-refractivity contribution in [1.29, 1.82) is 0 Å². The summed E-state index contributed by atoms with van der Waals surface area (Å²) in [5.41, 5.74) is 1.27. The Morgan fingerprint density at radius 2 is 1.97 bits per heavy atom. The van der Waals surface area contributed by atoms with Crippen LogP contribution in [-0.4, -0.2) is 26.9 Å². The van der Waals surface area contributed by atoms with Crippen LogP contribution in [0.2, 0.25) is 0 Å². The van der Waals surface area contributed by atoms with Gasteiger partial charge in [-0.05, 0) is 56.5 Å². The summed E-state index contributed by atoms with van der Waals surface area (Å²) in [5, 5.41) is 21.5. The van der Waals surface area contributed by atoms with Crippen LogP contribution in [0.5, 0.6) is 5.75 Å². The highest BCUT2D eigenvalue weighted by Gasteiger charge is 2.34. The highest BCUT2D eigenvalue weighted by Crippen LogP contribution is 2.38. The number of thioether (sulfide) groups is 1. The van der Waals surface area contributed by atoms with Crippen LogP contribution in [0.4, 0.5) is 0 Å². The normalized spacial score (nSPS) is 17.8. The lowest BCUT2D eigenvalue weighted by Crippen LogP contribution is -2.50. The van der Waals surface area contributed by atoms with Crippen LogP contribution in [0.25, 0.3) is 5.70 Å². The summed E-state index contributed by atoms with van der Waals surface area (Å²) >= 11 is 8.30. The molecule has 2 heterocycles. The first-order valence-electron chi connectivity index (χ1n) is 9.16. The Morgan fingerprint density at radius 1 is 1.24 bits per heavy atom. The minimum Gasteiger partial charge on any atom is -0.506 e. The molecule has 9 heteroatoms. The second kappa shape index (κ2) is 8.49. The largest absolute Gasteiger partial charge is 0.506 e. The number of halogens is 2. The smallest absolute Gasteiger partial charge is 0.276 e. The number of fused-ring (bicyclic) bond motifs is 2. The Labute approximate surface area is 189 Å². The number of hydrogen-bond acceptors (Lipinski definition) is 6. The van der Waals surface area contributed by atoms with E-state index in [1.54, 1.807) is 17.1 Å². The first-order chi connectivity index (χ1) is 14.0. The number of rotatable bonds is 4. The van der Waals surface area contributed by atoms with E-state index < -0.39 is 6.17 Å². The van der Waals surface area contributed by atoms with Crippen LogP contribution in [0, 0.1) is 0 Å². The number of hydrogen-bond donors (Lipinski definition) is 2. The maximum atomic E-state index is 13.0. The predicted molar refractivity (Wildman–Crippen MR) is 122 cm³/mol. The van der Waals surface area contributed by atoms with Gasteiger partial charge in [-0.2, -0.15) is 0 Å².